The molecule has 1 aromatic heterocycles. The third-order valence-electron chi connectivity index (χ3n) is 3.39. The van der Waals surface area contributed by atoms with Crippen LogP contribution in [0.15, 0.2) is 54.9 Å². The minimum atomic E-state index is 0.674. The van der Waals surface area contributed by atoms with Gasteiger partial charge in [0.2, 0.25) is 0 Å². The lowest BCUT2D eigenvalue weighted by Crippen LogP contribution is -2.00. The molecule has 0 aliphatic carbocycles. The molecule has 3 aromatic rings. The average Bonchev–Trinajstić information content (AvgIpc) is 3.04. The van der Waals surface area contributed by atoms with Crippen molar-refractivity contribution in [1.82, 2.24) is 14.8 Å². The average molecular weight is 295 g/mol. The van der Waals surface area contributed by atoms with Crippen molar-refractivity contribution < 1.29 is 9.47 Å². The molecule has 0 unspecified atom stereocenters. The number of hydrogen-bond donors (Lipinski definition) is 0. The van der Waals surface area contributed by atoms with Gasteiger partial charge in [-0.2, -0.15) is 5.10 Å². The SMILES string of the molecule is COc1ccc(Cn2cnc(-c3ccc(OC)cc3)n2)cc1. The van der Waals surface area contributed by atoms with Gasteiger partial charge in [-0.15, -0.1) is 0 Å². The number of methoxy groups -OCH3 is 2. The lowest BCUT2D eigenvalue weighted by atomic mass is 10.2. The Balaban J connectivity index is 1.74. The summed E-state index contributed by atoms with van der Waals surface area (Å²) in [4.78, 5) is 4.36. The van der Waals surface area contributed by atoms with E-state index in [1.165, 1.54) is 0 Å². The molecule has 0 saturated carbocycles. The van der Waals surface area contributed by atoms with E-state index in [9.17, 15) is 0 Å². The van der Waals surface area contributed by atoms with Gasteiger partial charge in [-0.3, -0.25) is 0 Å². The maximum atomic E-state index is 5.16. The molecular formula is C17H17N3O2. The minimum absolute atomic E-state index is 0.674. The van der Waals surface area contributed by atoms with E-state index in [-0.39, 0.29) is 0 Å². The molecule has 0 atom stereocenters. The lowest BCUT2D eigenvalue weighted by Gasteiger charge is -2.03. The summed E-state index contributed by atoms with van der Waals surface area (Å²) in [6.45, 7) is 0.674. The molecule has 0 aliphatic heterocycles. The second-order valence-electron chi connectivity index (χ2n) is 4.84. The van der Waals surface area contributed by atoms with E-state index in [1.807, 2.05) is 53.2 Å². The molecule has 5 heteroatoms. The minimum Gasteiger partial charge on any atom is -0.497 e. The fourth-order valence-electron chi connectivity index (χ4n) is 2.16. The lowest BCUT2D eigenvalue weighted by molar-refractivity contribution is 0.414. The van der Waals surface area contributed by atoms with E-state index in [0.29, 0.717) is 12.4 Å². The van der Waals surface area contributed by atoms with Crippen LogP contribution in [0.4, 0.5) is 0 Å². The van der Waals surface area contributed by atoms with Crippen LogP contribution in [0.1, 0.15) is 5.56 Å². The van der Waals surface area contributed by atoms with Gasteiger partial charge in [-0.1, -0.05) is 12.1 Å². The second kappa shape index (κ2) is 6.30. The first kappa shape index (κ1) is 14.1. The normalized spacial score (nSPS) is 10.5. The highest BCUT2D eigenvalue weighted by molar-refractivity contribution is 5.55. The Hall–Kier alpha value is -2.82. The fourth-order valence-corrected chi connectivity index (χ4v) is 2.16. The molecule has 5 nitrogen and oxygen atoms in total. The topological polar surface area (TPSA) is 49.2 Å². The van der Waals surface area contributed by atoms with E-state index in [2.05, 4.69) is 10.1 Å². The number of hydrogen-bond acceptors (Lipinski definition) is 4. The number of ether oxygens (including phenoxy) is 2. The van der Waals surface area contributed by atoms with Crippen molar-refractivity contribution >= 4 is 0 Å². The van der Waals surface area contributed by atoms with Crippen molar-refractivity contribution in [3.05, 3.63) is 60.4 Å². The van der Waals surface area contributed by atoms with Crippen LogP contribution >= 0.6 is 0 Å². The molecule has 112 valence electrons. The monoisotopic (exact) mass is 295 g/mol. The molecular weight excluding hydrogens is 278 g/mol. The van der Waals surface area contributed by atoms with Crippen molar-refractivity contribution in [3.63, 3.8) is 0 Å². The quantitative estimate of drug-likeness (QED) is 0.726. The highest BCUT2D eigenvalue weighted by Gasteiger charge is 2.05. The molecule has 1 heterocycles. The molecule has 0 fully saturated rings. The van der Waals surface area contributed by atoms with Crippen molar-refractivity contribution in [2.24, 2.45) is 0 Å². The van der Waals surface area contributed by atoms with Crippen molar-refractivity contribution in [1.29, 1.82) is 0 Å². The maximum Gasteiger partial charge on any atom is 0.181 e. The number of rotatable bonds is 5. The second-order valence-corrected chi connectivity index (χ2v) is 4.84. The van der Waals surface area contributed by atoms with Crippen molar-refractivity contribution in [3.8, 4) is 22.9 Å². The van der Waals surface area contributed by atoms with E-state index >= 15 is 0 Å². The molecule has 0 bridgehead atoms. The molecule has 0 N–H and O–H groups in total. The van der Waals surface area contributed by atoms with Crippen LogP contribution in [0.2, 0.25) is 0 Å². The first-order chi connectivity index (χ1) is 10.8. The highest BCUT2D eigenvalue weighted by Crippen LogP contribution is 2.19. The number of aromatic nitrogens is 3. The van der Waals surface area contributed by atoms with Crippen molar-refractivity contribution in [2.45, 2.75) is 6.54 Å². The molecule has 3 rings (SSSR count). The van der Waals surface area contributed by atoms with Crippen LogP contribution in [0.3, 0.4) is 0 Å². The first-order valence-corrected chi connectivity index (χ1v) is 6.95. The Morgan fingerprint density at radius 3 is 2.05 bits per heavy atom. The zero-order valence-corrected chi connectivity index (χ0v) is 12.6. The van der Waals surface area contributed by atoms with E-state index in [4.69, 9.17) is 9.47 Å². The van der Waals surface area contributed by atoms with Crippen LogP contribution in [-0.4, -0.2) is 29.0 Å². The van der Waals surface area contributed by atoms with Crippen molar-refractivity contribution in [2.75, 3.05) is 14.2 Å². The van der Waals surface area contributed by atoms with E-state index in [1.54, 1.807) is 20.5 Å². The summed E-state index contributed by atoms with van der Waals surface area (Å²) in [6.07, 6.45) is 1.74. The molecule has 0 radical (unpaired) electrons. The largest absolute Gasteiger partial charge is 0.497 e. The Morgan fingerprint density at radius 2 is 1.45 bits per heavy atom. The molecule has 0 amide bonds. The Kier molecular flexibility index (Phi) is 4.05. The maximum absolute atomic E-state index is 5.16. The van der Waals surface area contributed by atoms with Crippen LogP contribution in [0.25, 0.3) is 11.4 Å². The summed E-state index contributed by atoms with van der Waals surface area (Å²) >= 11 is 0. The third-order valence-corrected chi connectivity index (χ3v) is 3.39. The molecule has 22 heavy (non-hydrogen) atoms. The van der Waals surface area contributed by atoms with Gasteiger partial charge < -0.3 is 9.47 Å². The smallest absolute Gasteiger partial charge is 0.181 e. The molecule has 0 aliphatic rings. The van der Waals surface area contributed by atoms with Gasteiger partial charge in [-0.05, 0) is 42.0 Å². The summed E-state index contributed by atoms with van der Waals surface area (Å²) in [5.41, 5.74) is 2.11. The van der Waals surface area contributed by atoms with E-state index < -0.39 is 0 Å². The van der Waals surface area contributed by atoms with Gasteiger partial charge in [0.1, 0.15) is 17.8 Å². The molecule has 0 spiro atoms. The zero-order chi connectivity index (χ0) is 15.4. The van der Waals surface area contributed by atoms with E-state index in [0.717, 1.165) is 22.6 Å². The van der Waals surface area contributed by atoms with Crippen LogP contribution in [0, 0.1) is 0 Å². The fraction of sp³-hybridized carbons (Fsp3) is 0.176. The zero-order valence-electron chi connectivity index (χ0n) is 12.6. The van der Waals surface area contributed by atoms with Gasteiger partial charge in [0.05, 0.1) is 20.8 Å². The number of benzene rings is 2. The Morgan fingerprint density at radius 1 is 0.864 bits per heavy atom. The van der Waals surface area contributed by atoms with Crippen LogP contribution < -0.4 is 9.47 Å². The molecule has 0 saturated heterocycles. The summed E-state index contributed by atoms with van der Waals surface area (Å²) in [5.74, 6) is 2.37. The molecule has 2 aromatic carbocycles. The van der Waals surface area contributed by atoms with Gasteiger partial charge >= 0.3 is 0 Å². The predicted octanol–water partition coefficient (Wildman–Crippen LogP) is 3.01. The summed E-state index contributed by atoms with van der Waals surface area (Å²) in [5, 5.41) is 4.51. The van der Waals surface area contributed by atoms with Crippen LogP contribution in [-0.2, 0) is 6.54 Å². The predicted molar refractivity (Wildman–Crippen MR) is 84.1 cm³/mol. The standard InChI is InChI=1S/C17H17N3O2/c1-21-15-7-3-13(4-8-15)11-20-12-18-17(19-20)14-5-9-16(22-2)10-6-14/h3-10,12H,11H2,1-2H3. The highest BCUT2D eigenvalue weighted by atomic mass is 16.5. The van der Waals surface area contributed by atoms with Crippen LogP contribution in [0.5, 0.6) is 11.5 Å². The summed E-state index contributed by atoms with van der Waals surface area (Å²) in [7, 11) is 3.31. The Labute approximate surface area is 129 Å². The Bertz CT molecular complexity index is 733. The third kappa shape index (κ3) is 3.09. The number of nitrogens with zero attached hydrogens (tertiary/aromatic N) is 3. The van der Waals surface area contributed by atoms with Gasteiger partial charge in [-0.25, -0.2) is 9.67 Å². The summed E-state index contributed by atoms with van der Waals surface area (Å²) in [6, 6.07) is 15.6. The first-order valence-electron chi connectivity index (χ1n) is 6.95. The van der Waals surface area contributed by atoms with Gasteiger partial charge in [0, 0.05) is 5.56 Å². The van der Waals surface area contributed by atoms with Gasteiger partial charge in [0.15, 0.2) is 5.82 Å². The van der Waals surface area contributed by atoms with Gasteiger partial charge in [0.25, 0.3) is 0 Å². The summed E-state index contributed by atoms with van der Waals surface area (Å²) < 4.78 is 12.1.